The number of pyridine rings is 1. The molecule has 0 bridgehead atoms. The molecule has 3 nitrogen and oxygen atoms in total. The van der Waals surface area contributed by atoms with Gasteiger partial charge in [-0.15, -0.1) is 0 Å². The summed E-state index contributed by atoms with van der Waals surface area (Å²) in [5, 5.41) is 4.15. The SMILES string of the molecule is CCC(c1ccn2ncnc2c1)c1ccc(C)cc1C. The van der Waals surface area contributed by atoms with Crippen LogP contribution in [0.4, 0.5) is 0 Å². The van der Waals surface area contributed by atoms with E-state index in [1.54, 1.807) is 10.8 Å². The molecule has 0 aliphatic heterocycles. The second kappa shape index (κ2) is 5.08. The van der Waals surface area contributed by atoms with Crippen molar-refractivity contribution < 1.29 is 0 Å². The average Bonchev–Trinajstić information content (AvgIpc) is 2.89. The van der Waals surface area contributed by atoms with Gasteiger partial charge < -0.3 is 0 Å². The van der Waals surface area contributed by atoms with Crippen LogP contribution in [0.5, 0.6) is 0 Å². The first-order valence-corrected chi connectivity index (χ1v) is 7.05. The van der Waals surface area contributed by atoms with Gasteiger partial charge in [0.1, 0.15) is 6.33 Å². The smallest absolute Gasteiger partial charge is 0.155 e. The number of hydrogen-bond donors (Lipinski definition) is 0. The van der Waals surface area contributed by atoms with Crippen LogP contribution in [-0.2, 0) is 0 Å². The quantitative estimate of drug-likeness (QED) is 0.719. The molecule has 0 fully saturated rings. The lowest BCUT2D eigenvalue weighted by molar-refractivity contribution is 0.767. The standard InChI is InChI=1S/C17H19N3/c1-4-15(16-6-5-12(2)9-13(16)3)14-7-8-20-17(10-14)18-11-19-20/h5-11,15H,4H2,1-3H3. The Kier molecular flexibility index (Phi) is 3.26. The maximum Gasteiger partial charge on any atom is 0.155 e. The maximum atomic E-state index is 4.28. The Hall–Kier alpha value is -2.16. The zero-order chi connectivity index (χ0) is 14.1. The van der Waals surface area contributed by atoms with Crippen LogP contribution in [0.3, 0.4) is 0 Å². The molecule has 0 saturated heterocycles. The molecule has 0 amide bonds. The number of rotatable bonds is 3. The molecule has 1 atom stereocenters. The third-order valence-electron chi connectivity index (χ3n) is 3.92. The summed E-state index contributed by atoms with van der Waals surface area (Å²) < 4.78 is 1.80. The molecule has 3 rings (SSSR count). The number of benzene rings is 1. The summed E-state index contributed by atoms with van der Waals surface area (Å²) in [7, 11) is 0. The lowest BCUT2D eigenvalue weighted by Crippen LogP contribution is -2.03. The highest BCUT2D eigenvalue weighted by Crippen LogP contribution is 2.30. The molecule has 0 spiro atoms. The molecule has 20 heavy (non-hydrogen) atoms. The third kappa shape index (κ3) is 2.20. The van der Waals surface area contributed by atoms with E-state index >= 15 is 0 Å². The number of hydrogen-bond acceptors (Lipinski definition) is 2. The van der Waals surface area contributed by atoms with E-state index in [1.165, 1.54) is 22.3 Å². The predicted molar refractivity (Wildman–Crippen MR) is 81.0 cm³/mol. The van der Waals surface area contributed by atoms with Gasteiger partial charge in [0.2, 0.25) is 0 Å². The van der Waals surface area contributed by atoms with E-state index in [9.17, 15) is 0 Å². The van der Waals surface area contributed by atoms with Crippen LogP contribution in [0.2, 0.25) is 0 Å². The Morgan fingerprint density at radius 2 is 2.00 bits per heavy atom. The maximum absolute atomic E-state index is 4.28. The van der Waals surface area contributed by atoms with Crippen molar-refractivity contribution >= 4 is 5.65 Å². The third-order valence-corrected chi connectivity index (χ3v) is 3.92. The van der Waals surface area contributed by atoms with Gasteiger partial charge in [-0.05, 0) is 49.1 Å². The molecule has 0 aliphatic rings. The first-order chi connectivity index (χ1) is 9.69. The zero-order valence-electron chi connectivity index (χ0n) is 12.2. The van der Waals surface area contributed by atoms with Gasteiger partial charge >= 0.3 is 0 Å². The molecule has 0 aliphatic carbocycles. The fraction of sp³-hybridized carbons (Fsp3) is 0.294. The molecule has 102 valence electrons. The number of fused-ring (bicyclic) bond motifs is 1. The van der Waals surface area contributed by atoms with E-state index in [2.05, 4.69) is 61.2 Å². The Morgan fingerprint density at radius 1 is 1.15 bits per heavy atom. The predicted octanol–water partition coefficient (Wildman–Crippen LogP) is 3.89. The van der Waals surface area contributed by atoms with Crippen LogP contribution in [-0.4, -0.2) is 14.6 Å². The van der Waals surface area contributed by atoms with E-state index in [0.717, 1.165) is 12.1 Å². The first-order valence-electron chi connectivity index (χ1n) is 7.05. The monoisotopic (exact) mass is 265 g/mol. The van der Waals surface area contributed by atoms with Crippen LogP contribution < -0.4 is 0 Å². The molecule has 2 aromatic heterocycles. The second-order valence-electron chi connectivity index (χ2n) is 5.34. The first kappa shape index (κ1) is 12.9. The Bertz CT molecular complexity index is 743. The van der Waals surface area contributed by atoms with Gasteiger partial charge in [0.25, 0.3) is 0 Å². The summed E-state index contributed by atoms with van der Waals surface area (Å²) in [5.74, 6) is 0.414. The lowest BCUT2D eigenvalue weighted by atomic mass is 9.86. The molecular formula is C17H19N3. The fourth-order valence-electron chi connectivity index (χ4n) is 2.90. The number of nitrogens with zero attached hydrogens (tertiary/aromatic N) is 3. The molecule has 3 heteroatoms. The van der Waals surface area contributed by atoms with E-state index < -0.39 is 0 Å². The second-order valence-corrected chi connectivity index (χ2v) is 5.34. The van der Waals surface area contributed by atoms with Crippen molar-refractivity contribution in [3.05, 3.63) is 65.1 Å². The van der Waals surface area contributed by atoms with E-state index in [1.807, 2.05) is 6.20 Å². The van der Waals surface area contributed by atoms with Crippen LogP contribution in [0.1, 0.15) is 41.5 Å². The molecular weight excluding hydrogens is 246 g/mol. The highest BCUT2D eigenvalue weighted by Gasteiger charge is 2.15. The minimum atomic E-state index is 0.414. The Morgan fingerprint density at radius 3 is 2.75 bits per heavy atom. The average molecular weight is 265 g/mol. The van der Waals surface area contributed by atoms with Gasteiger partial charge in [0, 0.05) is 12.1 Å². The Balaban J connectivity index is 2.08. The van der Waals surface area contributed by atoms with Crippen LogP contribution in [0.15, 0.2) is 42.9 Å². The zero-order valence-corrected chi connectivity index (χ0v) is 12.2. The van der Waals surface area contributed by atoms with Crippen molar-refractivity contribution in [1.82, 2.24) is 14.6 Å². The van der Waals surface area contributed by atoms with Crippen molar-refractivity contribution in [2.45, 2.75) is 33.1 Å². The minimum Gasteiger partial charge on any atom is -0.221 e. The van der Waals surface area contributed by atoms with Gasteiger partial charge in [0.15, 0.2) is 5.65 Å². The normalized spacial score (nSPS) is 12.8. The Labute approximate surface area is 119 Å². The summed E-state index contributed by atoms with van der Waals surface area (Å²) in [5.41, 5.74) is 6.29. The number of aryl methyl sites for hydroxylation is 2. The molecule has 2 heterocycles. The van der Waals surface area contributed by atoms with Crippen molar-refractivity contribution in [1.29, 1.82) is 0 Å². The van der Waals surface area contributed by atoms with Gasteiger partial charge in [-0.1, -0.05) is 30.7 Å². The molecule has 1 aromatic carbocycles. The summed E-state index contributed by atoms with van der Waals surface area (Å²) in [4.78, 5) is 4.28. The largest absolute Gasteiger partial charge is 0.221 e. The van der Waals surface area contributed by atoms with E-state index in [-0.39, 0.29) is 0 Å². The molecule has 3 aromatic rings. The summed E-state index contributed by atoms with van der Waals surface area (Å²) >= 11 is 0. The molecule has 1 unspecified atom stereocenters. The van der Waals surface area contributed by atoms with Crippen molar-refractivity contribution in [3.8, 4) is 0 Å². The van der Waals surface area contributed by atoms with E-state index in [0.29, 0.717) is 5.92 Å². The lowest BCUT2D eigenvalue weighted by Gasteiger charge is -2.19. The fourth-order valence-corrected chi connectivity index (χ4v) is 2.90. The van der Waals surface area contributed by atoms with Crippen LogP contribution in [0.25, 0.3) is 5.65 Å². The summed E-state index contributed by atoms with van der Waals surface area (Å²) in [6.45, 7) is 6.57. The highest BCUT2D eigenvalue weighted by atomic mass is 15.3. The van der Waals surface area contributed by atoms with Crippen molar-refractivity contribution in [2.75, 3.05) is 0 Å². The molecule has 0 N–H and O–H groups in total. The van der Waals surface area contributed by atoms with Gasteiger partial charge in [-0.25, -0.2) is 9.50 Å². The van der Waals surface area contributed by atoms with E-state index in [4.69, 9.17) is 0 Å². The summed E-state index contributed by atoms with van der Waals surface area (Å²) in [6.07, 6.45) is 4.66. The highest BCUT2D eigenvalue weighted by molar-refractivity contribution is 5.45. The molecule has 0 saturated carbocycles. The molecule has 0 radical (unpaired) electrons. The van der Waals surface area contributed by atoms with Crippen LogP contribution in [0, 0.1) is 13.8 Å². The van der Waals surface area contributed by atoms with Gasteiger partial charge in [0.05, 0.1) is 0 Å². The van der Waals surface area contributed by atoms with Gasteiger partial charge in [-0.3, -0.25) is 0 Å². The van der Waals surface area contributed by atoms with Crippen LogP contribution >= 0.6 is 0 Å². The minimum absolute atomic E-state index is 0.414. The van der Waals surface area contributed by atoms with Crippen molar-refractivity contribution in [3.63, 3.8) is 0 Å². The number of aromatic nitrogens is 3. The summed E-state index contributed by atoms with van der Waals surface area (Å²) in [6, 6.07) is 11.0. The topological polar surface area (TPSA) is 30.2 Å². The van der Waals surface area contributed by atoms with Gasteiger partial charge in [-0.2, -0.15) is 5.10 Å². The van der Waals surface area contributed by atoms with Crippen molar-refractivity contribution in [2.24, 2.45) is 0 Å².